The van der Waals surface area contributed by atoms with Gasteiger partial charge in [-0.3, -0.25) is 0 Å². The largest absolute Gasteiger partial charge is 0.398 e. The van der Waals surface area contributed by atoms with Gasteiger partial charge in [0.05, 0.1) is 0 Å². The fourth-order valence-electron chi connectivity index (χ4n) is 2.48. The lowest BCUT2D eigenvalue weighted by atomic mass is 9.97. The van der Waals surface area contributed by atoms with E-state index in [2.05, 4.69) is 74.2 Å². The predicted octanol–water partition coefficient (Wildman–Crippen LogP) is 5.38. The zero-order chi connectivity index (χ0) is 15.9. The molecule has 2 N–H and O–H groups in total. The number of nitrogens with two attached hydrogens (primary N) is 1. The second-order valence-corrected chi connectivity index (χ2v) is 5.35. The highest BCUT2D eigenvalue weighted by molar-refractivity contribution is 5.75. The first-order valence-corrected chi connectivity index (χ1v) is 7.57. The van der Waals surface area contributed by atoms with Crippen LogP contribution in [-0.4, -0.2) is 0 Å². The van der Waals surface area contributed by atoms with Crippen LogP contribution in [0.2, 0.25) is 0 Å². The summed E-state index contributed by atoms with van der Waals surface area (Å²) in [6.45, 7) is 8.01. The van der Waals surface area contributed by atoms with E-state index in [-0.39, 0.29) is 0 Å². The minimum Gasteiger partial charge on any atom is -0.398 e. The van der Waals surface area contributed by atoms with Crippen molar-refractivity contribution in [1.82, 2.24) is 0 Å². The van der Waals surface area contributed by atoms with E-state index in [9.17, 15) is 0 Å². The summed E-state index contributed by atoms with van der Waals surface area (Å²) < 4.78 is 0. The van der Waals surface area contributed by atoms with E-state index in [1.807, 2.05) is 19.1 Å². The molecule has 0 aliphatic heterocycles. The van der Waals surface area contributed by atoms with E-state index >= 15 is 0 Å². The van der Waals surface area contributed by atoms with Gasteiger partial charge < -0.3 is 5.73 Å². The fourth-order valence-corrected chi connectivity index (χ4v) is 2.48. The van der Waals surface area contributed by atoms with Crippen LogP contribution in [0, 0.1) is 0 Å². The summed E-state index contributed by atoms with van der Waals surface area (Å²) in [6, 6.07) is 18.7. The van der Waals surface area contributed by atoms with Crippen LogP contribution in [0.15, 0.2) is 79.4 Å². The Morgan fingerprint density at radius 2 is 1.59 bits per heavy atom. The molecule has 0 aromatic heterocycles. The van der Waals surface area contributed by atoms with Crippen LogP contribution < -0.4 is 5.73 Å². The lowest BCUT2D eigenvalue weighted by molar-refractivity contribution is 0.967. The third-order valence-electron chi connectivity index (χ3n) is 3.84. The Bertz CT molecular complexity index is 676. The zero-order valence-corrected chi connectivity index (χ0v) is 13.3. The van der Waals surface area contributed by atoms with Gasteiger partial charge in [-0.15, -0.1) is 0 Å². The van der Waals surface area contributed by atoms with Gasteiger partial charge in [-0.2, -0.15) is 0 Å². The molecule has 2 aromatic carbocycles. The normalized spacial score (nSPS) is 13.7. The summed E-state index contributed by atoms with van der Waals surface area (Å²) in [5.41, 5.74) is 11.7. The Hall–Kier alpha value is -2.54. The first-order valence-electron chi connectivity index (χ1n) is 7.57. The lowest BCUT2D eigenvalue weighted by Gasteiger charge is -2.10. The Morgan fingerprint density at radius 3 is 2.14 bits per heavy atom. The Balaban J connectivity index is 2.21. The van der Waals surface area contributed by atoms with Crippen molar-refractivity contribution in [1.29, 1.82) is 0 Å². The quantitative estimate of drug-likeness (QED) is 0.735. The standard InChI is InChI=1S/C21H23N/c1-4-17(5-2)19-11-13-20(14-12-19)21(22)15-16(3)18-9-7-6-8-10-18/h4-16H,1,22H2,2-3H3/b17-5+,21-15-. The van der Waals surface area contributed by atoms with Crippen LogP contribution in [0.25, 0.3) is 11.3 Å². The molecule has 1 unspecified atom stereocenters. The molecule has 0 heterocycles. The average Bonchev–Trinajstić information content (AvgIpc) is 2.57. The monoisotopic (exact) mass is 289 g/mol. The third-order valence-corrected chi connectivity index (χ3v) is 3.84. The summed E-state index contributed by atoms with van der Waals surface area (Å²) in [4.78, 5) is 0. The van der Waals surface area contributed by atoms with E-state index in [4.69, 9.17) is 5.73 Å². The molecule has 0 bridgehead atoms. The van der Waals surface area contributed by atoms with Gasteiger partial charge in [0.15, 0.2) is 0 Å². The lowest BCUT2D eigenvalue weighted by Crippen LogP contribution is -2.00. The number of benzene rings is 2. The Labute approximate surface area is 133 Å². The number of rotatable bonds is 5. The Kier molecular flexibility index (Phi) is 5.37. The van der Waals surface area contributed by atoms with E-state index < -0.39 is 0 Å². The van der Waals surface area contributed by atoms with Crippen molar-refractivity contribution >= 4 is 11.3 Å². The van der Waals surface area contributed by atoms with Crippen LogP contribution >= 0.6 is 0 Å². The molecular formula is C21H23N. The maximum absolute atomic E-state index is 6.25. The maximum Gasteiger partial charge on any atom is 0.0353 e. The molecule has 0 saturated carbocycles. The van der Waals surface area contributed by atoms with Crippen molar-refractivity contribution in [2.24, 2.45) is 5.73 Å². The molecule has 0 amide bonds. The molecule has 1 atom stereocenters. The van der Waals surface area contributed by atoms with E-state index in [0.29, 0.717) is 5.92 Å². The van der Waals surface area contributed by atoms with Gasteiger partial charge >= 0.3 is 0 Å². The first-order chi connectivity index (χ1) is 10.7. The molecular weight excluding hydrogens is 266 g/mol. The molecule has 1 heteroatoms. The predicted molar refractivity (Wildman–Crippen MR) is 97.3 cm³/mol. The minimum absolute atomic E-state index is 0.292. The van der Waals surface area contributed by atoms with Gasteiger partial charge in [0.1, 0.15) is 0 Å². The number of hydrogen-bond donors (Lipinski definition) is 1. The van der Waals surface area contributed by atoms with Crippen molar-refractivity contribution < 1.29 is 0 Å². The van der Waals surface area contributed by atoms with Crippen molar-refractivity contribution in [3.8, 4) is 0 Å². The fraction of sp³-hybridized carbons (Fsp3) is 0.143. The second-order valence-electron chi connectivity index (χ2n) is 5.35. The molecule has 0 fully saturated rings. The van der Waals surface area contributed by atoms with Gasteiger partial charge in [0.2, 0.25) is 0 Å². The summed E-state index contributed by atoms with van der Waals surface area (Å²) in [6.07, 6.45) is 6.03. The molecule has 2 rings (SSSR count). The van der Waals surface area contributed by atoms with E-state index in [0.717, 1.165) is 22.4 Å². The molecule has 0 radical (unpaired) electrons. The highest BCUT2D eigenvalue weighted by Gasteiger charge is 2.04. The zero-order valence-electron chi connectivity index (χ0n) is 13.3. The SMILES string of the molecule is C=C/C(=C\C)c1ccc(/C(N)=C/C(C)c2ccccc2)cc1. The smallest absolute Gasteiger partial charge is 0.0353 e. The van der Waals surface area contributed by atoms with Crippen LogP contribution in [0.1, 0.15) is 36.5 Å². The van der Waals surface area contributed by atoms with Crippen LogP contribution in [0.5, 0.6) is 0 Å². The minimum atomic E-state index is 0.292. The first kappa shape index (κ1) is 15.8. The highest BCUT2D eigenvalue weighted by Crippen LogP contribution is 2.22. The summed E-state index contributed by atoms with van der Waals surface area (Å²) >= 11 is 0. The molecule has 112 valence electrons. The maximum atomic E-state index is 6.25. The van der Waals surface area contributed by atoms with Crippen molar-refractivity contribution in [3.05, 3.63) is 96.1 Å². The Morgan fingerprint density at radius 1 is 1.00 bits per heavy atom. The van der Waals surface area contributed by atoms with Crippen molar-refractivity contribution in [2.75, 3.05) is 0 Å². The molecule has 22 heavy (non-hydrogen) atoms. The van der Waals surface area contributed by atoms with Gasteiger partial charge in [0.25, 0.3) is 0 Å². The summed E-state index contributed by atoms with van der Waals surface area (Å²) in [5.74, 6) is 0.292. The van der Waals surface area contributed by atoms with Gasteiger partial charge in [0, 0.05) is 11.6 Å². The molecule has 2 aromatic rings. The third kappa shape index (κ3) is 3.76. The van der Waals surface area contributed by atoms with Crippen LogP contribution in [-0.2, 0) is 0 Å². The topological polar surface area (TPSA) is 26.0 Å². The van der Waals surface area contributed by atoms with Gasteiger partial charge in [-0.1, -0.05) is 86.3 Å². The van der Waals surface area contributed by atoms with Crippen molar-refractivity contribution in [2.45, 2.75) is 19.8 Å². The molecule has 0 aliphatic carbocycles. The average molecular weight is 289 g/mol. The van der Waals surface area contributed by atoms with Crippen molar-refractivity contribution in [3.63, 3.8) is 0 Å². The number of hydrogen-bond acceptors (Lipinski definition) is 1. The van der Waals surface area contributed by atoms with Gasteiger partial charge in [-0.05, 0) is 29.2 Å². The molecule has 1 nitrogen and oxygen atoms in total. The molecule has 0 spiro atoms. The second kappa shape index (κ2) is 7.46. The van der Waals surface area contributed by atoms with Gasteiger partial charge in [-0.25, -0.2) is 0 Å². The van der Waals surface area contributed by atoms with E-state index in [1.54, 1.807) is 0 Å². The highest BCUT2D eigenvalue weighted by atomic mass is 14.6. The van der Waals surface area contributed by atoms with E-state index in [1.165, 1.54) is 5.56 Å². The molecule has 0 aliphatic rings. The van der Waals surface area contributed by atoms with Crippen LogP contribution in [0.4, 0.5) is 0 Å². The summed E-state index contributed by atoms with van der Waals surface area (Å²) in [7, 11) is 0. The summed E-state index contributed by atoms with van der Waals surface area (Å²) in [5, 5.41) is 0. The number of allylic oxidation sites excluding steroid dienone is 4. The molecule has 0 saturated heterocycles. The van der Waals surface area contributed by atoms with Crippen LogP contribution in [0.3, 0.4) is 0 Å².